The molecule has 0 aliphatic carbocycles. The maximum absolute atomic E-state index is 13.5. The van der Waals surface area contributed by atoms with E-state index in [-0.39, 0.29) is 12.7 Å². The van der Waals surface area contributed by atoms with Crippen LogP contribution in [0.15, 0.2) is 36.4 Å². The minimum absolute atomic E-state index is 0.0449. The van der Waals surface area contributed by atoms with Gasteiger partial charge in [-0.1, -0.05) is 25.2 Å². The molecule has 0 saturated heterocycles. The number of fused-ring (bicyclic) bond motifs is 2. The van der Waals surface area contributed by atoms with Gasteiger partial charge in [-0.3, -0.25) is 9.69 Å². The first-order valence-electron chi connectivity index (χ1n) is 10.5. The SMILES string of the molecule is CCN(CC)CCN(C(=O)c1ccc(N(C)C)cc1)c1nc2cc3c(cc2s1)OCO3. The Labute approximate surface area is 186 Å². The van der Waals surface area contributed by atoms with E-state index >= 15 is 0 Å². The highest BCUT2D eigenvalue weighted by Crippen LogP contribution is 2.40. The van der Waals surface area contributed by atoms with E-state index in [1.165, 1.54) is 11.3 Å². The molecular weight excluding hydrogens is 412 g/mol. The van der Waals surface area contributed by atoms with Gasteiger partial charge in [-0.15, -0.1) is 0 Å². The highest BCUT2D eigenvalue weighted by Gasteiger charge is 2.24. The predicted molar refractivity (Wildman–Crippen MR) is 126 cm³/mol. The number of rotatable bonds is 8. The normalized spacial score (nSPS) is 12.5. The zero-order valence-corrected chi connectivity index (χ0v) is 19.2. The molecule has 2 aromatic carbocycles. The Kier molecular flexibility index (Phi) is 6.29. The van der Waals surface area contributed by atoms with E-state index in [2.05, 4.69) is 18.7 Å². The van der Waals surface area contributed by atoms with Gasteiger partial charge in [0.15, 0.2) is 16.6 Å². The summed E-state index contributed by atoms with van der Waals surface area (Å²) in [6.07, 6.45) is 0. The predicted octanol–water partition coefficient (Wildman–Crippen LogP) is 4.08. The van der Waals surface area contributed by atoms with Crippen molar-refractivity contribution in [2.24, 2.45) is 0 Å². The van der Waals surface area contributed by atoms with Crippen LogP contribution in [0.2, 0.25) is 0 Å². The van der Waals surface area contributed by atoms with Gasteiger partial charge in [-0.05, 0) is 37.4 Å². The Hall–Kier alpha value is -2.84. The zero-order chi connectivity index (χ0) is 22.0. The Morgan fingerprint density at radius 2 is 1.71 bits per heavy atom. The van der Waals surface area contributed by atoms with Gasteiger partial charge in [-0.2, -0.15) is 0 Å². The van der Waals surface area contributed by atoms with E-state index in [1.807, 2.05) is 55.4 Å². The third kappa shape index (κ3) is 4.45. The summed E-state index contributed by atoms with van der Waals surface area (Å²) in [7, 11) is 3.97. The quantitative estimate of drug-likeness (QED) is 0.526. The second kappa shape index (κ2) is 9.11. The van der Waals surface area contributed by atoms with Crippen LogP contribution in [0.5, 0.6) is 11.5 Å². The molecule has 0 radical (unpaired) electrons. The number of amides is 1. The molecule has 1 aliphatic rings. The molecule has 0 saturated carbocycles. The summed E-state index contributed by atoms with van der Waals surface area (Å²) in [6.45, 7) is 7.74. The Morgan fingerprint density at radius 3 is 2.35 bits per heavy atom. The van der Waals surface area contributed by atoms with Crippen molar-refractivity contribution in [1.82, 2.24) is 9.88 Å². The van der Waals surface area contributed by atoms with Crippen LogP contribution >= 0.6 is 11.3 Å². The molecule has 8 heteroatoms. The maximum Gasteiger partial charge on any atom is 0.260 e. The summed E-state index contributed by atoms with van der Waals surface area (Å²) in [5.41, 5.74) is 2.52. The molecule has 4 rings (SSSR count). The van der Waals surface area contributed by atoms with E-state index in [0.717, 1.165) is 41.3 Å². The second-order valence-electron chi connectivity index (χ2n) is 7.59. The first kappa shape index (κ1) is 21.4. The van der Waals surface area contributed by atoms with Crippen molar-refractivity contribution < 1.29 is 14.3 Å². The molecule has 2 heterocycles. The van der Waals surface area contributed by atoms with Gasteiger partial charge in [0.1, 0.15) is 0 Å². The van der Waals surface area contributed by atoms with Crippen molar-refractivity contribution in [2.75, 3.05) is 56.9 Å². The van der Waals surface area contributed by atoms with Gasteiger partial charge in [0, 0.05) is 50.6 Å². The molecule has 31 heavy (non-hydrogen) atoms. The van der Waals surface area contributed by atoms with Crippen LogP contribution in [-0.4, -0.2) is 62.9 Å². The summed E-state index contributed by atoms with van der Waals surface area (Å²) < 4.78 is 12.0. The van der Waals surface area contributed by atoms with Crippen molar-refractivity contribution in [1.29, 1.82) is 0 Å². The van der Waals surface area contributed by atoms with Crippen LogP contribution < -0.4 is 19.3 Å². The Balaban J connectivity index is 1.66. The fraction of sp³-hybridized carbons (Fsp3) is 0.391. The van der Waals surface area contributed by atoms with Crippen LogP contribution in [0.1, 0.15) is 24.2 Å². The summed E-state index contributed by atoms with van der Waals surface area (Å²) in [5, 5.41) is 0.688. The number of hydrogen-bond donors (Lipinski definition) is 0. The molecule has 0 spiro atoms. The minimum atomic E-state index is -0.0449. The molecule has 1 aliphatic heterocycles. The van der Waals surface area contributed by atoms with Crippen LogP contribution in [0.3, 0.4) is 0 Å². The number of aromatic nitrogens is 1. The molecule has 0 unspecified atom stereocenters. The number of carbonyl (C=O) groups is 1. The lowest BCUT2D eigenvalue weighted by molar-refractivity contribution is 0.0984. The van der Waals surface area contributed by atoms with E-state index in [0.29, 0.717) is 23.0 Å². The first-order valence-corrected chi connectivity index (χ1v) is 11.3. The van der Waals surface area contributed by atoms with Gasteiger partial charge in [-0.25, -0.2) is 4.98 Å². The molecular formula is C23H28N4O3S. The average molecular weight is 441 g/mol. The number of thiazole rings is 1. The topological polar surface area (TPSA) is 58.1 Å². The lowest BCUT2D eigenvalue weighted by Gasteiger charge is -2.25. The Morgan fingerprint density at radius 1 is 1.03 bits per heavy atom. The number of carbonyl (C=O) groups excluding carboxylic acids is 1. The Bertz CT molecular complexity index is 1020. The molecule has 1 amide bonds. The number of nitrogens with zero attached hydrogens (tertiary/aromatic N) is 4. The number of anilines is 2. The number of likely N-dealkylation sites (N-methyl/N-ethyl adjacent to an activating group) is 1. The molecule has 0 bridgehead atoms. The van der Waals surface area contributed by atoms with Crippen molar-refractivity contribution in [3.63, 3.8) is 0 Å². The van der Waals surface area contributed by atoms with Gasteiger partial charge >= 0.3 is 0 Å². The maximum atomic E-state index is 13.5. The molecule has 0 N–H and O–H groups in total. The summed E-state index contributed by atoms with van der Waals surface area (Å²) in [5.74, 6) is 1.38. The highest BCUT2D eigenvalue weighted by molar-refractivity contribution is 7.22. The van der Waals surface area contributed by atoms with E-state index < -0.39 is 0 Å². The summed E-state index contributed by atoms with van der Waals surface area (Å²) in [6, 6.07) is 11.5. The molecule has 7 nitrogen and oxygen atoms in total. The van der Waals surface area contributed by atoms with Crippen molar-refractivity contribution >= 4 is 38.3 Å². The lowest BCUT2D eigenvalue weighted by Crippen LogP contribution is -2.38. The molecule has 0 atom stereocenters. The van der Waals surface area contributed by atoms with Crippen LogP contribution in [0, 0.1) is 0 Å². The van der Waals surface area contributed by atoms with Gasteiger partial charge in [0.25, 0.3) is 5.91 Å². The van der Waals surface area contributed by atoms with Crippen molar-refractivity contribution in [2.45, 2.75) is 13.8 Å². The molecule has 3 aromatic rings. The van der Waals surface area contributed by atoms with Gasteiger partial charge < -0.3 is 19.3 Å². The van der Waals surface area contributed by atoms with Crippen LogP contribution in [-0.2, 0) is 0 Å². The molecule has 164 valence electrons. The lowest BCUT2D eigenvalue weighted by atomic mass is 10.1. The van der Waals surface area contributed by atoms with Crippen molar-refractivity contribution in [3.05, 3.63) is 42.0 Å². The fourth-order valence-corrected chi connectivity index (χ4v) is 4.54. The van der Waals surface area contributed by atoms with Gasteiger partial charge in [0.05, 0.1) is 10.2 Å². The number of hydrogen-bond acceptors (Lipinski definition) is 7. The van der Waals surface area contributed by atoms with Crippen LogP contribution in [0.25, 0.3) is 10.2 Å². The highest BCUT2D eigenvalue weighted by atomic mass is 32.1. The van der Waals surface area contributed by atoms with E-state index in [9.17, 15) is 4.79 Å². The molecule has 0 fully saturated rings. The summed E-state index contributed by atoms with van der Waals surface area (Å²) in [4.78, 5) is 24.4. The van der Waals surface area contributed by atoms with Crippen LogP contribution in [0.4, 0.5) is 10.8 Å². The minimum Gasteiger partial charge on any atom is -0.454 e. The fourth-order valence-electron chi connectivity index (χ4n) is 3.54. The number of ether oxygens (including phenoxy) is 2. The molecule has 1 aromatic heterocycles. The van der Waals surface area contributed by atoms with Crippen molar-refractivity contribution in [3.8, 4) is 11.5 Å². The third-order valence-electron chi connectivity index (χ3n) is 5.51. The van der Waals surface area contributed by atoms with E-state index in [4.69, 9.17) is 14.5 Å². The second-order valence-corrected chi connectivity index (χ2v) is 8.60. The smallest absolute Gasteiger partial charge is 0.260 e. The first-order chi connectivity index (χ1) is 15.0. The number of benzene rings is 2. The largest absolute Gasteiger partial charge is 0.454 e. The monoisotopic (exact) mass is 440 g/mol. The van der Waals surface area contributed by atoms with E-state index in [1.54, 1.807) is 4.90 Å². The summed E-state index contributed by atoms with van der Waals surface area (Å²) >= 11 is 1.50. The van der Waals surface area contributed by atoms with Gasteiger partial charge in [0.2, 0.25) is 6.79 Å². The third-order valence-corrected chi connectivity index (χ3v) is 6.55. The average Bonchev–Trinajstić information content (AvgIpc) is 3.40. The standard InChI is InChI=1S/C23H28N4O3S/c1-5-26(6-2)11-12-27(22(28)16-7-9-17(10-8-16)25(3)4)23-24-18-13-19-20(30-15-29-19)14-21(18)31-23/h7-10,13-14H,5-6,11-12,15H2,1-4H3. The zero-order valence-electron chi connectivity index (χ0n) is 18.4.